The van der Waals surface area contributed by atoms with Crippen LogP contribution in [-0.2, 0) is 0 Å². The predicted molar refractivity (Wildman–Crippen MR) is 79.1 cm³/mol. The second-order valence-corrected chi connectivity index (χ2v) is 4.84. The molecule has 0 heterocycles. The Bertz CT molecular complexity index is 447. The highest BCUT2D eigenvalue weighted by Gasteiger charge is 2.11. The maximum absolute atomic E-state index is 5.52. The van der Waals surface area contributed by atoms with Crippen LogP contribution in [0.25, 0.3) is 5.57 Å². The van der Waals surface area contributed by atoms with Gasteiger partial charge in [0, 0.05) is 0 Å². The van der Waals surface area contributed by atoms with E-state index >= 15 is 0 Å². The Morgan fingerprint density at radius 2 is 1.94 bits per heavy atom. The minimum absolute atomic E-state index is 0.753. The highest BCUT2D eigenvalue weighted by molar-refractivity contribution is 5.70. The standard InChI is InChI=1S/C16H25NO/c1-11(8-6-7-9-17)15-10-12(2)16(18-5)14(4)13(15)3/h8,10H,6-7,9,17H2,1-5H3/b11-8+. The Kier molecular flexibility index (Phi) is 5.42. The smallest absolute Gasteiger partial charge is 0.124 e. The van der Waals surface area contributed by atoms with Crippen molar-refractivity contribution < 1.29 is 4.74 Å². The van der Waals surface area contributed by atoms with E-state index in [1.165, 1.54) is 27.8 Å². The van der Waals surface area contributed by atoms with E-state index in [9.17, 15) is 0 Å². The Morgan fingerprint density at radius 1 is 1.28 bits per heavy atom. The molecule has 2 N–H and O–H groups in total. The number of unbranched alkanes of at least 4 members (excludes halogenated alkanes) is 1. The van der Waals surface area contributed by atoms with Crippen LogP contribution in [-0.4, -0.2) is 13.7 Å². The molecule has 1 aromatic rings. The van der Waals surface area contributed by atoms with Gasteiger partial charge in [0.25, 0.3) is 0 Å². The van der Waals surface area contributed by atoms with Gasteiger partial charge < -0.3 is 10.5 Å². The molecule has 0 bridgehead atoms. The summed E-state index contributed by atoms with van der Waals surface area (Å²) < 4.78 is 5.45. The van der Waals surface area contributed by atoms with Crippen LogP contribution >= 0.6 is 0 Å². The van der Waals surface area contributed by atoms with Gasteiger partial charge in [-0.25, -0.2) is 0 Å². The van der Waals surface area contributed by atoms with Crippen LogP contribution in [0.4, 0.5) is 0 Å². The van der Waals surface area contributed by atoms with E-state index in [0.717, 1.165) is 25.1 Å². The first-order valence-corrected chi connectivity index (χ1v) is 6.54. The van der Waals surface area contributed by atoms with Gasteiger partial charge in [0.1, 0.15) is 5.75 Å². The summed E-state index contributed by atoms with van der Waals surface area (Å²) in [5.41, 5.74) is 11.9. The highest BCUT2D eigenvalue weighted by atomic mass is 16.5. The molecule has 0 aliphatic heterocycles. The van der Waals surface area contributed by atoms with Crippen LogP contribution < -0.4 is 10.5 Å². The fourth-order valence-electron chi connectivity index (χ4n) is 2.33. The maximum atomic E-state index is 5.52. The van der Waals surface area contributed by atoms with Crippen molar-refractivity contribution >= 4 is 5.57 Å². The molecular formula is C16H25NO. The predicted octanol–water partition coefficient (Wildman–Crippen LogP) is 3.76. The van der Waals surface area contributed by atoms with Crippen LogP contribution in [0.1, 0.15) is 42.0 Å². The number of methoxy groups -OCH3 is 1. The van der Waals surface area contributed by atoms with Crippen LogP contribution in [0, 0.1) is 20.8 Å². The van der Waals surface area contributed by atoms with Gasteiger partial charge in [0.15, 0.2) is 0 Å². The van der Waals surface area contributed by atoms with Crippen molar-refractivity contribution in [3.8, 4) is 5.75 Å². The third-order valence-electron chi connectivity index (χ3n) is 3.51. The van der Waals surface area contributed by atoms with Gasteiger partial charge in [-0.2, -0.15) is 0 Å². The molecule has 0 saturated heterocycles. The molecule has 0 unspecified atom stereocenters. The lowest BCUT2D eigenvalue weighted by atomic mass is 9.93. The van der Waals surface area contributed by atoms with E-state index in [1.54, 1.807) is 7.11 Å². The molecule has 2 heteroatoms. The Morgan fingerprint density at radius 3 is 2.50 bits per heavy atom. The van der Waals surface area contributed by atoms with Gasteiger partial charge in [-0.05, 0) is 81.0 Å². The van der Waals surface area contributed by atoms with Crippen molar-refractivity contribution in [2.45, 2.75) is 40.5 Å². The van der Waals surface area contributed by atoms with Crippen molar-refractivity contribution in [3.63, 3.8) is 0 Å². The van der Waals surface area contributed by atoms with Gasteiger partial charge in [0.2, 0.25) is 0 Å². The summed E-state index contributed by atoms with van der Waals surface area (Å²) in [6, 6.07) is 2.22. The lowest BCUT2D eigenvalue weighted by Crippen LogP contribution is -1.99. The van der Waals surface area contributed by atoms with Crippen molar-refractivity contribution in [3.05, 3.63) is 34.4 Å². The first-order chi connectivity index (χ1) is 8.52. The molecule has 100 valence electrons. The second kappa shape index (κ2) is 6.60. The summed E-state index contributed by atoms with van der Waals surface area (Å²) in [6.45, 7) is 9.31. The number of allylic oxidation sites excluding steroid dienone is 2. The quantitative estimate of drug-likeness (QED) is 0.804. The van der Waals surface area contributed by atoms with Crippen LogP contribution in [0.5, 0.6) is 5.75 Å². The average molecular weight is 247 g/mol. The molecule has 0 aliphatic carbocycles. The Balaban J connectivity index is 3.14. The molecule has 0 aliphatic rings. The summed E-state index contributed by atoms with van der Waals surface area (Å²) in [7, 11) is 1.73. The van der Waals surface area contributed by atoms with E-state index < -0.39 is 0 Å². The normalized spacial score (nSPS) is 11.8. The summed E-state index contributed by atoms with van der Waals surface area (Å²) in [4.78, 5) is 0. The van der Waals surface area contributed by atoms with E-state index in [2.05, 4.69) is 39.8 Å². The zero-order valence-electron chi connectivity index (χ0n) is 12.3. The molecular weight excluding hydrogens is 222 g/mol. The van der Waals surface area contributed by atoms with Gasteiger partial charge in [-0.3, -0.25) is 0 Å². The number of rotatable bonds is 5. The lowest BCUT2D eigenvalue weighted by molar-refractivity contribution is 0.408. The summed E-state index contributed by atoms with van der Waals surface area (Å²) in [5.74, 6) is 1.01. The fraction of sp³-hybridized carbons (Fsp3) is 0.500. The largest absolute Gasteiger partial charge is 0.496 e. The lowest BCUT2D eigenvalue weighted by Gasteiger charge is -2.16. The minimum Gasteiger partial charge on any atom is -0.496 e. The first kappa shape index (κ1) is 14.8. The van der Waals surface area contributed by atoms with E-state index in [4.69, 9.17) is 10.5 Å². The molecule has 0 aromatic heterocycles. The molecule has 18 heavy (non-hydrogen) atoms. The second-order valence-electron chi connectivity index (χ2n) is 4.84. The summed E-state index contributed by atoms with van der Waals surface area (Å²) in [6.07, 6.45) is 4.37. The molecule has 0 saturated carbocycles. The molecule has 0 fully saturated rings. The molecule has 1 aromatic carbocycles. The third-order valence-corrected chi connectivity index (χ3v) is 3.51. The van der Waals surface area contributed by atoms with Crippen LogP contribution in [0.15, 0.2) is 12.1 Å². The fourth-order valence-corrected chi connectivity index (χ4v) is 2.33. The highest BCUT2D eigenvalue weighted by Crippen LogP contribution is 2.31. The molecule has 0 amide bonds. The zero-order valence-corrected chi connectivity index (χ0v) is 12.3. The monoisotopic (exact) mass is 247 g/mol. The van der Waals surface area contributed by atoms with Crippen LogP contribution in [0.2, 0.25) is 0 Å². The number of aryl methyl sites for hydroxylation is 1. The molecule has 0 spiro atoms. The molecule has 2 nitrogen and oxygen atoms in total. The molecule has 0 radical (unpaired) electrons. The van der Waals surface area contributed by atoms with E-state index in [1.807, 2.05) is 0 Å². The number of hydrogen-bond donors (Lipinski definition) is 1. The summed E-state index contributed by atoms with van der Waals surface area (Å²) >= 11 is 0. The van der Waals surface area contributed by atoms with Gasteiger partial charge in [-0.15, -0.1) is 0 Å². The van der Waals surface area contributed by atoms with E-state index in [-0.39, 0.29) is 0 Å². The molecule has 1 rings (SSSR count). The van der Waals surface area contributed by atoms with Crippen molar-refractivity contribution in [2.24, 2.45) is 5.73 Å². The Hall–Kier alpha value is -1.28. The number of benzene rings is 1. The summed E-state index contributed by atoms with van der Waals surface area (Å²) in [5, 5.41) is 0. The third kappa shape index (κ3) is 3.14. The number of nitrogens with two attached hydrogens (primary N) is 1. The van der Waals surface area contributed by atoms with Crippen molar-refractivity contribution in [1.29, 1.82) is 0 Å². The van der Waals surface area contributed by atoms with Crippen LogP contribution in [0.3, 0.4) is 0 Å². The number of hydrogen-bond acceptors (Lipinski definition) is 2. The topological polar surface area (TPSA) is 35.2 Å². The Labute approximate surface area is 111 Å². The van der Waals surface area contributed by atoms with Gasteiger partial charge in [0.05, 0.1) is 7.11 Å². The van der Waals surface area contributed by atoms with E-state index in [0.29, 0.717) is 0 Å². The SMILES string of the molecule is COc1c(C)cc(/C(C)=C/CCCN)c(C)c1C. The number of ether oxygens (including phenoxy) is 1. The van der Waals surface area contributed by atoms with Gasteiger partial charge >= 0.3 is 0 Å². The maximum Gasteiger partial charge on any atom is 0.124 e. The zero-order chi connectivity index (χ0) is 13.7. The van der Waals surface area contributed by atoms with Crippen molar-refractivity contribution in [2.75, 3.05) is 13.7 Å². The average Bonchev–Trinajstić information content (AvgIpc) is 2.34. The minimum atomic E-state index is 0.753. The van der Waals surface area contributed by atoms with Crippen molar-refractivity contribution in [1.82, 2.24) is 0 Å². The first-order valence-electron chi connectivity index (χ1n) is 6.54. The van der Waals surface area contributed by atoms with Gasteiger partial charge in [-0.1, -0.05) is 6.08 Å². The molecule has 0 atom stereocenters.